The third-order valence-electron chi connectivity index (χ3n) is 3.72. The number of esters is 1. The van der Waals surface area contributed by atoms with Gasteiger partial charge in [0.15, 0.2) is 0 Å². The second-order valence-corrected chi connectivity index (χ2v) is 5.38. The molecule has 1 aliphatic rings. The first kappa shape index (κ1) is 16.7. The summed E-state index contributed by atoms with van der Waals surface area (Å²) in [6.07, 6.45) is 0.892. The number of hydrogen-bond acceptors (Lipinski definition) is 5. The van der Waals surface area contributed by atoms with E-state index in [1.807, 2.05) is 24.3 Å². The summed E-state index contributed by atoms with van der Waals surface area (Å²) in [7, 11) is 0. The molecule has 0 spiro atoms. The number of rotatable bonds is 6. The van der Waals surface area contributed by atoms with Crippen molar-refractivity contribution in [2.75, 3.05) is 13.2 Å². The predicted molar refractivity (Wildman–Crippen MR) is 80.9 cm³/mol. The maximum absolute atomic E-state index is 12.3. The van der Waals surface area contributed by atoms with E-state index in [1.165, 1.54) is 0 Å². The van der Waals surface area contributed by atoms with Gasteiger partial charge < -0.3 is 4.74 Å². The largest absolute Gasteiger partial charge is 0.465 e. The molecule has 1 saturated heterocycles. The van der Waals surface area contributed by atoms with Gasteiger partial charge in [0.1, 0.15) is 6.54 Å². The van der Waals surface area contributed by atoms with Crippen LogP contribution in [-0.4, -0.2) is 35.8 Å². The molecular weight excluding hydrogens is 296 g/mol. The van der Waals surface area contributed by atoms with Crippen LogP contribution in [0.2, 0.25) is 0 Å². The number of nitriles is 1. The molecule has 2 rings (SSSR count). The molecule has 0 saturated carbocycles. The number of hydrogen-bond donors (Lipinski definition) is 0. The lowest BCUT2D eigenvalue weighted by Gasteiger charge is -2.14. The minimum absolute atomic E-state index is 0.109. The zero-order valence-corrected chi connectivity index (χ0v) is 12.9. The molecule has 0 bridgehead atoms. The summed E-state index contributed by atoms with van der Waals surface area (Å²) in [5.74, 6) is -1.69. The van der Waals surface area contributed by atoms with Crippen LogP contribution in [0.3, 0.4) is 0 Å². The molecule has 120 valence electrons. The molecule has 1 fully saturated rings. The number of carbonyl (C=O) groups excluding carboxylic acids is 3. The smallest absolute Gasteiger partial charge is 0.326 e. The lowest BCUT2D eigenvalue weighted by Crippen LogP contribution is -2.36. The van der Waals surface area contributed by atoms with Crippen LogP contribution in [0, 0.1) is 17.2 Å². The number of ether oxygens (including phenoxy) is 1. The average Bonchev–Trinajstić information content (AvgIpc) is 2.77. The highest BCUT2D eigenvalue weighted by Gasteiger charge is 2.39. The van der Waals surface area contributed by atoms with E-state index in [2.05, 4.69) is 6.07 Å². The molecule has 1 aromatic carbocycles. The van der Waals surface area contributed by atoms with Crippen molar-refractivity contribution in [3.8, 4) is 6.07 Å². The van der Waals surface area contributed by atoms with Gasteiger partial charge >= 0.3 is 5.97 Å². The summed E-state index contributed by atoms with van der Waals surface area (Å²) < 4.78 is 4.78. The van der Waals surface area contributed by atoms with Crippen molar-refractivity contribution in [3.63, 3.8) is 0 Å². The van der Waals surface area contributed by atoms with Gasteiger partial charge in [-0.25, -0.2) is 0 Å². The zero-order chi connectivity index (χ0) is 16.8. The van der Waals surface area contributed by atoms with Gasteiger partial charge in [0.25, 0.3) is 0 Å². The monoisotopic (exact) mass is 314 g/mol. The minimum atomic E-state index is -0.573. The quantitative estimate of drug-likeness (QED) is 0.582. The third-order valence-corrected chi connectivity index (χ3v) is 3.72. The number of nitrogens with zero attached hydrogens (tertiary/aromatic N) is 2. The summed E-state index contributed by atoms with van der Waals surface area (Å²) in [6, 6.07) is 9.48. The van der Waals surface area contributed by atoms with Crippen molar-refractivity contribution in [2.24, 2.45) is 5.92 Å². The molecule has 0 radical (unpaired) electrons. The number of amides is 2. The number of benzene rings is 1. The number of imide groups is 1. The van der Waals surface area contributed by atoms with E-state index < -0.39 is 11.9 Å². The van der Waals surface area contributed by atoms with Crippen LogP contribution in [-0.2, 0) is 32.0 Å². The Kier molecular flexibility index (Phi) is 5.47. The van der Waals surface area contributed by atoms with E-state index in [0.29, 0.717) is 12.8 Å². The Bertz CT molecular complexity index is 646. The molecule has 0 aromatic heterocycles. The van der Waals surface area contributed by atoms with Crippen LogP contribution in [0.1, 0.15) is 24.5 Å². The first-order valence-electron chi connectivity index (χ1n) is 7.49. The van der Waals surface area contributed by atoms with Crippen molar-refractivity contribution < 1.29 is 19.1 Å². The molecule has 1 atom stereocenters. The van der Waals surface area contributed by atoms with Crippen LogP contribution in [0.5, 0.6) is 0 Å². The van der Waals surface area contributed by atoms with E-state index in [4.69, 9.17) is 10.00 Å². The standard InChI is InChI=1S/C17H18N2O4/c1-2-23-16(21)11-19-15(20)10-14(17(19)22)9-13-5-3-12(4-6-13)7-8-18/h3-6,14H,2,7,9-11H2,1H3. The van der Waals surface area contributed by atoms with Crippen LogP contribution in [0.25, 0.3) is 0 Å². The van der Waals surface area contributed by atoms with Crippen LogP contribution >= 0.6 is 0 Å². The van der Waals surface area contributed by atoms with Crippen LogP contribution in [0.15, 0.2) is 24.3 Å². The molecule has 23 heavy (non-hydrogen) atoms. The molecule has 2 amide bonds. The fraction of sp³-hybridized carbons (Fsp3) is 0.412. The van der Waals surface area contributed by atoms with E-state index in [-0.39, 0.29) is 31.4 Å². The van der Waals surface area contributed by atoms with Gasteiger partial charge in [-0.3, -0.25) is 19.3 Å². The zero-order valence-electron chi connectivity index (χ0n) is 12.9. The molecular formula is C17H18N2O4. The van der Waals surface area contributed by atoms with Gasteiger partial charge in [0.2, 0.25) is 11.8 Å². The molecule has 0 aliphatic carbocycles. The minimum Gasteiger partial charge on any atom is -0.465 e. The summed E-state index contributed by atoms with van der Waals surface area (Å²) in [5, 5.41) is 8.65. The summed E-state index contributed by atoms with van der Waals surface area (Å²) in [4.78, 5) is 36.6. The van der Waals surface area contributed by atoms with Crippen molar-refractivity contribution >= 4 is 17.8 Å². The Morgan fingerprint density at radius 3 is 2.57 bits per heavy atom. The molecule has 1 heterocycles. The molecule has 6 heteroatoms. The average molecular weight is 314 g/mol. The normalized spacial score (nSPS) is 17.2. The summed E-state index contributed by atoms with van der Waals surface area (Å²) in [5.41, 5.74) is 1.84. The fourth-order valence-electron chi connectivity index (χ4n) is 2.58. The molecule has 1 aromatic rings. The van der Waals surface area contributed by atoms with E-state index in [1.54, 1.807) is 6.92 Å². The van der Waals surface area contributed by atoms with Gasteiger partial charge in [0.05, 0.1) is 25.0 Å². The van der Waals surface area contributed by atoms with Gasteiger partial charge in [0, 0.05) is 6.42 Å². The first-order chi connectivity index (χ1) is 11.0. The lowest BCUT2D eigenvalue weighted by atomic mass is 9.97. The van der Waals surface area contributed by atoms with Gasteiger partial charge in [-0.1, -0.05) is 24.3 Å². The fourth-order valence-corrected chi connectivity index (χ4v) is 2.58. The Morgan fingerprint density at radius 2 is 1.96 bits per heavy atom. The second-order valence-electron chi connectivity index (χ2n) is 5.38. The molecule has 0 N–H and O–H groups in total. The van der Waals surface area contributed by atoms with Gasteiger partial charge in [-0.05, 0) is 24.5 Å². The van der Waals surface area contributed by atoms with E-state index in [0.717, 1.165) is 16.0 Å². The topological polar surface area (TPSA) is 87.5 Å². The summed E-state index contributed by atoms with van der Waals surface area (Å²) in [6.45, 7) is 1.57. The van der Waals surface area contributed by atoms with Gasteiger partial charge in [-0.15, -0.1) is 0 Å². The molecule has 1 unspecified atom stereocenters. The first-order valence-corrected chi connectivity index (χ1v) is 7.49. The van der Waals surface area contributed by atoms with Crippen molar-refractivity contribution in [1.82, 2.24) is 4.90 Å². The maximum Gasteiger partial charge on any atom is 0.326 e. The highest BCUT2D eigenvalue weighted by atomic mass is 16.5. The number of carbonyl (C=O) groups is 3. The van der Waals surface area contributed by atoms with Gasteiger partial charge in [-0.2, -0.15) is 5.26 Å². The van der Waals surface area contributed by atoms with Crippen molar-refractivity contribution in [3.05, 3.63) is 35.4 Å². The molecule has 6 nitrogen and oxygen atoms in total. The predicted octanol–water partition coefficient (Wildman–Crippen LogP) is 1.23. The Hall–Kier alpha value is -2.68. The summed E-state index contributed by atoms with van der Waals surface area (Å²) >= 11 is 0. The highest BCUT2D eigenvalue weighted by Crippen LogP contribution is 2.23. The SMILES string of the molecule is CCOC(=O)CN1C(=O)CC(Cc2ccc(CC#N)cc2)C1=O. The maximum atomic E-state index is 12.3. The lowest BCUT2D eigenvalue weighted by molar-refractivity contribution is -0.152. The highest BCUT2D eigenvalue weighted by molar-refractivity contribution is 6.05. The molecule has 1 aliphatic heterocycles. The van der Waals surface area contributed by atoms with E-state index in [9.17, 15) is 14.4 Å². The second kappa shape index (κ2) is 7.54. The Balaban J connectivity index is 1.99. The van der Waals surface area contributed by atoms with Crippen molar-refractivity contribution in [1.29, 1.82) is 5.26 Å². The Labute approximate surface area is 134 Å². The Morgan fingerprint density at radius 1 is 1.30 bits per heavy atom. The van der Waals surface area contributed by atoms with E-state index >= 15 is 0 Å². The van der Waals surface area contributed by atoms with Crippen LogP contribution < -0.4 is 0 Å². The third kappa shape index (κ3) is 4.16. The van der Waals surface area contributed by atoms with Crippen LogP contribution in [0.4, 0.5) is 0 Å². The van der Waals surface area contributed by atoms with Crippen molar-refractivity contribution in [2.45, 2.75) is 26.2 Å². The number of likely N-dealkylation sites (tertiary alicyclic amines) is 1.